The average Bonchev–Trinajstić information content (AvgIpc) is 2.66. The van der Waals surface area contributed by atoms with E-state index in [4.69, 9.17) is 17.0 Å². The lowest BCUT2D eigenvalue weighted by Gasteiger charge is -2.30. The maximum absolute atomic E-state index is 12.5. The lowest BCUT2D eigenvalue weighted by atomic mass is 10.1. The Morgan fingerprint density at radius 2 is 1.90 bits per heavy atom. The summed E-state index contributed by atoms with van der Waals surface area (Å²) in [7, 11) is 0. The van der Waals surface area contributed by atoms with Crippen LogP contribution in [-0.2, 0) is 4.79 Å². The van der Waals surface area contributed by atoms with E-state index in [1.165, 1.54) is 11.8 Å². The van der Waals surface area contributed by atoms with Gasteiger partial charge in [0.25, 0.3) is 5.91 Å². The summed E-state index contributed by atoms with van der Waals surface area (Å²) >= 11 is 6.68. The molecule has 21 heavy (non-hydrogen) atoms. The third kappa shape index (κ3) is 3.66. The molecule has 1 aromatic rings. The van der Waals surface area contributed by atoms with Crippen LogP contribution in [0.3, 0.4) is 0 Å². The number of ether oxygens (including phenoxy) is 1. The Hall–Kier alpha value is -1.33. The number of carbonyl (C=O) groups is 1. The first-order valence-corrected chi connectivity index (χ1v) is 8.06. The van der Waals surface area contributed by atoms with Gasteiger partial charge in [-0.25, -0.2) is 0 Å². The van der Waals surface area contributed by atoms with Gasteiger partial charge in [-0.15, -0.1) is 0 Å². The molecule has 1 fully saturated rings. The predicted octanol–water partition coefficient (Wildman–Crippen LogP) is 4.09. The van der Waals surface area contributed by atoms with E-state index in [0.29, 0.717) is 15.8 Å². The number of benzene rings is 1. The van der Waals surface area contributed by atoms with Crippen LogP contribution in [0.2, 0.25) is 0 Å². The molecule has 3 nitrogen and oxygen atoms in total. The second-order valence-electron chi connectivity index (χ2n) is 5.69. The topological polar surface area (TPSA) is 29.5 Å². The minimum Gasteiger partial charge on any atom is -0.494 e. The summed E-state index contributed by atoms with van der Waals surface area (Å²) in [5.74, 6) is 0.809. The quantitative estimate of drug-likeness (QED) is 0.619. The van der Waals surface area contributed by atoms with Crippen molar-refractivity contribution in [2.75, 3.05) is 6.61 Å². The fraction of sp³-hybridized carbons (Fsp3) is 0.375. The standard InChI is InChI=1S/C16H19NO2S2/c1-5-19-12-8-6-11(7-9-12)10-13-14(18)17(15(20)21-13)16(2,3)4/h6-10H,5H2,1-4H3/b13-10-. The second kappa shape index (κ2) is 6.20. The Labute approximate surface area is 135 Å². The minimum atomic E-state index is -0.296. The molecule has 1 amide bonds. The van der Waals surface area contributed by atoms with Crippen molar-refractivity contribution in [2.45, 2.75) is 33.2 Å². The molecule has 1 aliphatic heterocycles. The minimum absolute atomic E-state index is 0.0219. The Morgan fingerprint density at radius 1 is 1.29 bits per heavy atom. The van der Waals surface area contributed by atoms with Crippen LogP contribution < -0.4 is 4.74 Å². The van der Waals surface area contributed by atoms with Gasteiger partial charge in [-0.2, -0.15) is 0 Å². The molecular formula is C16H19NO2S2. The van der Waals surface area contributed by atoms with Gasteiger partial charge in [-0.1, -0.05) is 36.1 Å². The van der Waals surface area contributed by atoms with Crippen LogP contribution in [0.1, 0.15) is 33.3 Å². The zero-order valence-corrected chi connectivity index (χ0v) is 14.3. The molecule has 1 saturated heterocycles. The van der Waals surface area contributed by atoms with Crippen molar-refractivity contribution in [3.05, 3.63) is 34.7 Å². The van der Waals surface area contributed by atoms with Gasteiger partial charge >= 0.3 is 0 Å². The van der Waals surface area contributed by atoms with E-state index in [-0.39, 0.29) is 11.4 Å². The van der Waals surface area contributed by atoms with Gasteiger partial charge in [0.05, 0.1) is 11.5 Å². The van der Waals surface area contributed by atoms with Crippen molar-refractivity contribution < 1.29 is 9.53 Å². The van der Waals surface area contributed by atoms with Crippen LogP contribution >= 0.6 is 24.0 Å². The van der Waals surface area contributed by atoms with E-state index >= 15 is 0 Å². The van der Waals surface area contributed by atoms with Crippen molar-refractivity contribution in [1.29, 1.82) is 0 Å². The molecule has 112 valence electrons. The van der Waals surface area contributed by atoms with Crippen LogP contribution in [-0.4, -0.2) is 27.3 Å². The van der Waals surface area contributed by atoms with E-state index < -0.39 is 0 Å². The zero-order valence-electron chi connectivity index (χ0n) is 12.7. The van der Waals surface area contributed by atoms with Crippen LogP contribution in [0.25, 0.3) is 6.08 Å². The largest absolute Gasteiger partial charge is 0.494 e. The molecule has 1 aliphatic rings. The number of hydrogen-bond acceptors (Lipinski definition) is 4. The molecule has 5 heteroatoms. The molecule has 1 aromatic carbocycles. The normalized spacial score (nSPS) is 17.7. The molecule has 0 N–H and O–H groups in total. The third-order valence-electron chi connectivity index (χ3n) is 2.95. The van der Waals surface area contributed by atoms with E-state index in [2.05, 4.69) is 0 Å². The highest BCUT2D eigenvalue weighted by atomic mass is 32.2. The first-order chi connectivity index (χ1) is 9.82. The number of thiocarbonyl (C=S) groups is 1. The number of thioether (sulfide) groups is 1. The Balaban J connectivity index is 2.22. The fourth-order valence-electron chi connectivity index (χ4n) is 2.02. The number of carbonyl (C=O) groups excluding carboxylic acids is 1. The Bertz CT molecular complexity index is 585. The van der Waals surface area contributed by atoms with Gasteiger partial charge in [0.2, 0.25) is 0 Å². The van der Waals surface area contributed by atoms with Crippen molar-refractivity contribution in [1.82, 2.24) is 4.90 Å². The van der Waals surface area contributed by atoms with Gasteiger partial charge in [0.1, 0.15) is 10.1 Å². The van der Waals surface area contributed by atoms with Crippen LogP contribution in [0.4, 0.5) is 0 Å². The summed E-state index contributed by atoms with van der Waals surface area (Å²) in [5.41, 5.74) is 0.670. The highest BCUT2D eigenvalue weighted by Gasteiger charge is 2.38. The monoisotopic (exact) mass is 321 g/mol. The molecular weight excluding hydrogens is 302 g/mol. The number of rotatable bonds is 3. The van der Waals surface area contributed by atoms with Crippen molar-refractivity contribution in [3.63, 3.8) is 0 Å². The van der Waals surface area contributed by atoms with Gasteiger partial charge in [-0.05, 0) is 51.5 Å². The van der Waals surface area contributed by atoms with E-state index in [1.807, 2.05) is 58.0 Å². The van der Waals surface area contributed by atoms with Gasteiger partial charge in [0.15, 0.2) is 0 Å². The maximum Gasteiger partial charge on any atom is 0.266 e. The molecule has 0 saturated carbocycles. The third-order valence-corrected chi connectivity index (χ3v) is 4.26. The average molecular weight is 321 g/mol. The van der Waals surface area contributed by atoms with E-state index in [0.717, 1.165) is 11.3 Å². The molecule has 0 radical (unpaired) electrons. The highest BCUT2D eigenvalue weighted by Crippen LogP contribution is 2.36. The van der Waals surface area contributed by atoms with Gasteiger partial charge in [-0.3, -0.25) is 9.69 Å². The fourth-order valence-corrected chi connectivity index (χ4v) is 3.66. The molecule has 0 spiro atoms. The second-order valence-corrected chi connectivity index (χ2v) is 7.37. The summed E-state index contributed by atoms with van der Waals surface area (Å²) in [6.45, 7) is 8.54. The summed E-state index contributed by atoms with van der Waals surface area (Å²) in [6.07, 6.45) is 1.88. The number of nitrogens with zero attached hydrogens (tertiary/aromatic N) is 1. The Morgan fingerprint density at radius 3 is 2.38 bits per heavy atom. The molecule has 0 bridgehead atoms. The highest BCUT2D eigenvalue weighted by molar-refractivity contribution is 8.26. The van der Waals surface area contributed by atoms with E-state index in [9.17, 15) is 4.79 Å². The Kier molecular flexibility index (Phi) is 4.74. The predicted molar refractivity (Wildman–Crippen MR) is 92.4 cm³/mol. The SMILES string of the molecule is CCOc1ccc(/C=C2\SC(=S)N(C(C)(C)C)C2=O)cc1. The molecule has 0 atom stereocenters. The molecule has 2 rings (SSSR count). The maximum atomic E-state index is 12.5. The summed E-state index contributed by atoms with van der Waals surface area (Å²) in [4.78, 5) is 14.8. The van der Waals surface area contributed by atoms with Crippen molar-refractivity contribution >= 4 is 40.3 Å². The summed E-state index contributed by atoms with van der Waals surface area (Å²) in [6, 6.07) is 7.68. The van der Waals surface area contributed by atoms with Crippen LogP contribution in [0, 0.1) is 0 Å². The summed E-state index contributed by atoms with van der Waals surface area (Å²) in [5, 5.41) is 0. The van der Waals surface area contributed by atoms with Crippen molar-refractivity contribution in [3.8, 4) is 5.75 Å². The number of amides is 1. The molecule has 0 aliphatic carbocycles. The zero-order chi connectivity index (χ0) is 15.6. The lowest BCUT2D eigenvalue weighted by Crippen LogP contribution is -2.44. The van der Waals surface area contributed by atoms with E-state index in [1.54, 1.807) is 4.90 Å². The smallest absolute Gasteiger partial charge is 0.266 e. The van der Waals surface area contributed by atoms with Crippen molar-refractivity contribution in [2.24, 2.45) is 0 Å². The molecule has 0 aromatic heterocycles. The van der Waals surface area contributed by atoms with Crippen LogP contribution in [0.15, 0.2) is 29.2 Å². The first kappa shape index (κ1) is 16.0. The molecule has 1 heterocycles. The van der Waals surface area contributed by atoms with Crippen LogP contribution in [0.5, 0.6) is 5.75 Å². The summed E-state index contributed by atoms with van der Waals surface area (Å²) < 4.78 is 6.02. The first-order valence-electron chi connectivity index (χ1n) is 6.84. The van der Waals surface area contributed by atoms with Gasteiger partial charge in [0, 0.05) is 5.54 Å². The lowest BCUT2D eigenvalue weighted by molar-refractivity contribution is -0.125. The molecule has 0 unspecified atom stereocenters. The van der Waals surface area contributed by atoms with Gasteiger partial charge < -0.3 is 4.74 Å². The number of hydrogen-bond donors (Lipinski definition) is 0.